The van der Waals surface area contributed by atoms with Gasteiger partial charge in [-0.2, -0.15) is 13.2 Å². The fourth-order valence-electron chi connectivity index (χ4n) is 2.94. The van der Waals surface area contributed by atoms with Crippen molar-refractivity contribution in [1.29, 1.82) is 0 Å². The summed E-state index contributed by atoms with van der Waals surface area (Å²) in [5, 5.41) is 3.05. The normalized spacial score (nSPS) is 27.7. The van der Waals surface area contributed by atoms with Gasteiger partial charge in [-0.25, -0.2) is 0 Å². The van der Waals surface area contributed by atoms with Crippen molar-refractivity contribution in [2.24, 2.45) is 5.41 Å². The number of nitrogens with zero attached hydrogens (tertiary/aromatic N) is 1. The third-order valence-electron chi connectivity index (χ3n) is 3.74. The zero-order valence-corrected chi connectivity index (χ0v) is 9.39. The Bertz CT molecular complexity index is 334. The van der Waals surface area contributed by atoms with Gasteiger partial charge in [0.25, 0.3) is 0 Å². The molecule has 2 saturated heterocycles. The first-order chi connectivity index (χ1) is 7.91. The minimum atomic E-state index is -4.35. The van der Waals surface area contributed by atoms with E-state index in [1.165, 1.54) is 0 Å². The number of rotatable bonds is 1. The number of hydrogen-bond donors (Lipinski definition) is 1. The SMILES string of the molecule is C=CC(=O)N1CC2(CCNCC2)[C@@H]1C(F)(F)F. The Balaban J connectivity index is 2.21. The van der Waals surface area contributed by atoms with Gasteiger partial charge >= 0.3 is 6.18 Å². The zero-order chi connectivity index (χ0) is 12.7. The van der Waals surface area contributed by atoms with Crippen LogP contribution in [0.15, 0.2) is 12.7 Å². The highest BCUT2D eigenvalue weighted by atomic mass is 19.4. The lowest BCUT2D eigenvalue weighted by Gasteiger charge is -2.59. The van der Waals surface area contributed by atoms with Crippen molar-refractivity contribution in [3.63, 3.8) is 0 Å². The first-order valence-electron chi connectivity index (χ1n) is 5.61. The standard InChI is InChI=1S/C11H15F3N2O/c1-2-8(17)16-7-10(3-5-15-6-4-10)9(16)11(12,13)14/h2,9,15H,1,3-7H2/t9-/m1/s1. The van der Waals surface area contributed by atoms with E-state index in [1.54, 1.807) is 0 Å². The van der Waals surface area contributed by atoms with E-state index >= 15 is 0 Å². The third-order valence-corrected chi connectivity index (χ3v) is 3.74. The van der Waals surface area contributed by atoms with Crippen LogP contribution in [0.2, 0.25) is 0 Å². The molecule has 17 heavy (non-hydrogen) atoms. The van der Waals surface area contributed by atoms with Gasteiger partial charge in [-0.3, -0.25) is 4.79 Å². The van der Waals surface area contributed by atoms with Crippen molar-refractivity contribution in [3.05, 3.63) is 12.7 Å². The third kappa shape index (κ3) is 1.94. The van der Waals surface area contributed by atoms with E-state index in [0.29, 0.717) is 25.9 Å². The molecule has 96 valence electrons. The summed E-state index contributed by atoms with van der Waals surface area (Å²) in [4.78, 5) is 12.3. The van der Waals surface area contributed by atoms with Crippen LogP contribution in [0, 0.1) is 5.41 Å². The maximum absolute atomic E-state index is 13.0. The van der Waals surface area contributed by atoms with E-state index in [1.807, 2.05) is 0 Å². The van der Waals surface area contributed by atoms with Crippen LogP contribution in [0.1, 0.15) is 12.8 Å². The lowest BCUT2D eigenvalue weighted by molar-refractivity contribution is -0.262. The lowest BCUT2D eigenvalue weighted by atomic mass is 9.65. The molecule has 2 heterocycles. The number of likely N-dealkylation sites (tertiary alicyclic amines) is 1. The number of piperidine rings is 1. The Hall–Kier alpha value is -1.04. The van der Waals surface area contributed by atoms with Gasteiger partial charge in [-0.1, -0.05) is 6.58 Å². The van der Waals surface area contributed by atoms with Crippen LogP contribution in [0.4, 0.5) is 13.2 Å². The largest absolute Gasteiger partial charge is 0.409 e. The molecule has 0 unspecified atom stereocenters. The molecular formula is C11H15F3N2O. The molecule has 0 aromatic carbocycles. The number of halogens is 3. The van der Waals surface area contributed by atoms with Gasteiger partial charge in [0.05, 0.1) is 0 Å². The minimum absolute atomic E-state index is 0.198. The number of carbonyl (C=O) groups is 1. The molecule has 3 nitrogen and oxygen atoms in total. The molecule has 0 radical (unpaired) electrons. The maximum Gasteiger partial charge on any atom is 0.409 e. The fraction of sp³-hybridized carbons (Fsp3) is 0.727. The Morgan fingerprint density at radius 3 is 2.47 bits per heavy atom. The number of hydrogen-bond acceptors (Lipinski definition) is 2. The topological polar surface area (TPSA) is 32.3 Å². The van der Waals surface area contributed by atoms with E-state index in [0.717, 1.165) is 11.0 Å². The summed E-state index contributed by atoms with van der Waals surface area (Å²) >= 11 is 0. The van der Waals surface area contributed by atoms with E-state index in [2.05, 4.69) is 11.9 Å². The first-order valence-corrected chi connectivity index (χ1v) is 5.61. The van der Waals surface area contributed by atoms with Gasteiger partial charge in [0.1, 0.15) is 6.04 Å². The molecule has 0 aliphatic carbocycles. The van der Waals surface area contributed by atoms with Crippen molar-refractivity contribution in [2.75, 3.05) is 19.6 Å². The van der Waals surface area contributed by atoms with Crippen LogP contribution < -0.4 is 5.32 Å². The molecule has 0 aromatic rings. The number of nitrogens with one attached hydrogen (secondary N) is 1. The van der Waals surface area contributed by atoms with Crippen molar-refractivity contribution in [1.82, 2.24) is 10.2 Å². The molecule has 6 heteroatoms. The second kappa shape index (κ2) is 4.01. The Kier molecular flexibility index (Phi) is 2.93. The monoisotopic (exact) mass is 248 g/mol. The van der Waals surface area contributed by atoms with Crippen molar-refractivity contribution in [2.45, 2.75) is 25.1 Å². The first kappa shape index (κ1) is 12.4. The highest BCUT2D eigenvalue weighted by Crippen LogP contribution is 2.51. The second-order valence-electron chi connectivity index (χ2n) is 4.73. The fourth-order valence-corrected chi connectivity index (χ4v) is 2.94. The molecule has 1 N–H and O–H groups in total. The lowest BCUT2D eigenvalue weighted by Crippen LogP contribution is -2.73. The van der Waals surface area contributed by atoms with Gasteiger partial charge in [0.2, 0.25) is 5.91 Å². The summed E-state index contributed by atoms with van der Waals surface area (Å²) in [6.07, 6.45) is -2.46. The Morgan fingerprint density at radius 2 is 2.00 bits per heavy atom. The average Bonchev–Trinajstić information content (AvgIpc) is 2.24. The molecule has 1 spiro atoms. The van der Waals surface area contributed by atoms with Crippen LogP contribution in [0.25, 0.3) is 0 Å². The average molecular weight is 248 g/mol. The van der Waals surface area contributed by atoms with Crippen LogP contribution in [0.5, 0.6) is 0 Å². The molecule has 2 aliphatic heterocycles. The van der Waals surface area contributed by atoms with Gasteiger partial charge < -0.3 is 10.2 Å². The van der Waals surface area contributed by atoms with Crippen LogP contribution in [-0.2, 0) is 4.79 Å². The van der Waals surface area contributed by atoms with Crippen LogP contribution >= 0.6 is 0 Å². The second-order valence-corrected chi connectivity index (χ2v) is 4.73. The summed E-state index contributed by atoms with van der Waals surface area (Å²) < 4.78 is 39.1. The molecule has 0 aromatic heterocycles. The molecule has 0 saturated carbocycles. The quantitative estimate of drug-likeness (QED) is 0.710. The highest BCUT2D eigenvalue weighted by Gasteiger charge is 2.64. The van der Waals surface area contributed by atoms with Crippen molar-refractivity contribution >= 4 is 5.91 Å². The molecular weight excluding hydrogens is 233 g/mol. The van der Waals surface area contributed by atoms with Gasteiger partial charge in [-0.15, -0.1) is 0 Å². The number of amides is 1. The Morgan fingerprint density at radius 1 is 1.41 bits per heavy atom. The summed E-state index contributed by atoms with van der Waals surface area (Å²) in [5.74, 6) is -0.628. The van der Waals surface area contributed by atoms with E-state index < -0.39 is 23.5 Å². The van der Waals surface area contributed by atoms with Gasteiger partial charge in [0, 0.05) is 12.0 Å². The Labute approximate surface area is 97.7 Å². The molecule has 1 amide bonds. The van der Waals surface area contributed by atoms with E-state index in [9.17, 15) is 18.0 Å². The van der Waals surface area contributed by atoms with E-state index in [4.69, 9.17) is 0 Å². The molecule has 0 bridgehead atoms. The maximum atomic E-state index is 13.0. The van der Waals surface area contributed by atoms with E-state index in [-0.39, 0.29) is 6.54 Å². The van der Waals surface area contributed by atoms with Crippen molar-refractivity contribution < 1.29 is 18.0 Å². The van der Waals surface area contributed by atoms with Crippen molar-refractivity contribution in [3.8, 4) is 0 Å². The van der Waals surface area contributed by atoms with Gasteiger partial charge in [0.15, 0.2) is 0 Å². The summed E-state index contributed by atoms with van der Waals surface area (Å²) in [7, 11) is 0. The number of carbonyl (C=O) groups excluding carboxylic acids is 1. The van der Waals surface area contributed by atoms with Crippen LogP contribution in [-0.4, -0.2) is 42.7 Å². The summed E-state index contributed by atoms with van der Waals surface area (Å²) in [6.45, 7) is 4.61. The van der Waals surface area contributed by atoms with Crippen LogP contribution in [0.3, 0.4) is 0 Å². The zero-order valence-electron chi connectivity index (χ0n) is 9.39. The smallest absolute Gasteiger partial charge is 0.326 e. The molecule has 2 aliphatic rings. The number of alkyl halides is 3. The van der Waals surface area contributed by atoms with Gasteiger partial charge in [-0.05, 0) is 32.0 Å². The minimum Gasteiger partial charge on any atom is -0.326 e. The molecule has 2 fully saturated rings. The summed E-state index contributed by atoms with van der Waals surface area (Å²) in [6, 6.07) is -1.64. The molecule has 1 atom stereocenters. The summed E-state index contributed by atoms with van der Waals surface area (Å²) in [5.41, 5.74) is -0.776. The molecule has 2 rings (SSSR count). The predicted octanol–water partition coefficient (Wildman–Crippen LogP) is 1.32. The predicted molar refractivity (Wildman–Crippen MR) is 56.3 cm³/mol. The highest BCUT2D eigenvalue weighted by molar-refractivity contribution is 5.88.